The molecule has 0 spiro atoms. The van der Waals surface area contributed by atoms with Crippen LogP contribution in [-0.4, -0.2) is 21.5 Å². The molecule has 0 aliphatic carbocycles. The molecule has 1 N–H and O–H groups in total. The zero-order chi connectivity index (χ0) is 16.2. The van der Waals surface area contributed by atoms with Gasteiger partial charge in [0, 0.05) is 17.6 Å². The van der Waals surface area contributed by atoms with Crippen LogP contribution >= 0.6 is 22.9 Å². The average molecular weight is 346 g/mol. The molecule has 0 bridgehead atoms. The van der Waals surface area contributed by atoms with Gasteiger partial charge in [0.15, 0.2) is 0 Å². The van der Waals surface area contributed by atoms with Gasteiger partial charge in [0.05, 0.1) is 6.61 Å². The Morgan fingerprint density at radius 2 is 1.87 bits per heavy atom. The van der Waals surface area contributed by atoms with E-state index in [0.717, 1.165) is 20.9 Å². The zero-order valence-electron chi connectivity index (χ0n) is 12.6. The third-order valence-electron chi connectivity index (χ3n) is 3.42. The molecule has 0 fully saturated rings. The van der Waals surface area contributed by atoms with Gasteiger partial charge in [-0.15, -0.1) is 0 Å². The van der Waals surface area contributed by atoms with E-state index in [4.69, 9.17) is 11.6 Å². The SMILES string of the molecule is Cn1nc(-c2ccc(Cl)cc2)sc1=N[C@H](CO)c1ccccc1. The summed E-state index contributed by atoms with van der Waals surface area (Å²) in [5, 5.41) is 15.7. The number of hydrogen-bond donors (Lipinski definition) is 1. The topological polar surface area (TPSA) is 50.4 Å². The molecule has 0 radical (unpaired) electrons. The molecule has 0 aliphatic heterocycles. The van der Waals surface area contributed by atoms with E-state index in [-0.39, 0.29) is 12.6 Å². The molecule has 4 nitrogen and oxygen atoms in total. The summed E-state index contributed by atoms with van der Waals surface area (Å²) < 4.78 is 1.74. The van der Waals surface area contributed by atoms with Crippen LogP contribution < -0.4 is 4.80 Å². The summed E-state index contributed by atoms with van der Waals surface area (Å²) in [6.45, 7) is -0.0435. The lowest BCUT2D eigenvalue weighted by atomic mass is 10.1. The third-order valence-corrected chi connectivity index (χ3v) is 4.74. The van der Waals surface area contributed by atoms with Crippen LogP contribution in [0.25, 0.3) is 10.6 Å². The van der Waals surface area contributed by atoms with Crippen molar-refractivity contribution < 1.29 is 5.11 Å². The highest BCUT2D eigenvalue weighted by Crippen LogP contribution is 2.22. The first-order valence-electron chi connectivity index (χ1n) is 7.17. The number of rotatable bonds is 4. The number of benzene rings is 2. The normalized spacial score (nSPS) is 13.3. The first-order valence-corrected chi connectivity index (χ1v) is 8.36. The number of aromatic nitrogens is 2. The maximum absolute atomic E-state index is 9.65. The van der Waals surface area contributed by atoms with Crippen molar-refractivity contribution in [1.82, 2.24) is 9.78 Å². The van der Waals surface area contributed by atoms with Crippen molar-refractivity contribution in [3.05, 3.63) is 70.0 Å². The van der Waals surface area contributed by atoms with Gasteiger partial charge in [-0.2, -0.15) is 5.10 Å². The van der Waals surface area contributed by atoms with Gasteiger partial charge in [-0.25, -0.2) is 9.67 Å². The smallest absolute Gasteiger partial charge is 0.203 e. The number of halogens is 1. The summed E-state index contributed by atoms with van der Waals surface area (Å²) in [4.78, 5) is 5.42. The largest absolute Gasteiger partial charge is 0.394 e. The summed E-state index contributed by atoms with van der Waals surface area (Å²) in [5.74, 6) is 0. The molecule has 0 unspecified atom stereocenters. The maximum atomic E-state index is 9.65. The average Bonchev–Trinajstić information content (AvgIpc) is 2.95. The quantitative estimate of drug-likeness (QED) is 0.787. The number of aliphatic hydroxyl groups is 1. The minimum atomic E-state index is -0.291. The first kappa shape index (κ1) is 15.9. The minimum Gasteiger partial charge on any atom is -0.394 e. The van der Waals surface area contributed by atoms with E-state index in [1.807, 2.05) is 61.6 Å². The Morgan fingerprint density at radius 1 is 1.17 bits per heavy atom. The monoisotopic (exact) mass is 345 g/mol. The third kappa shape index (κ3) is 3.69. The van der Waals surface area contributed by atoms with Gasteiger partial charge >= 0.3 is 0 Å². The highest BCUT2D eigenvalue weighted by molar-refractivity contribution is 7.12. The molecule has 0 saturated carbocycles. The second kappa shape index (κ2) is 7.08. The fourth-order valence-electron chi connectivity index (χ4n) is 2.20. The molecular formula is C17H16ClN3OS. The lowest BCUT2D eigenvalue weighted by molar-refractivity contribution is 0.266. The molecule has 1 aromatic heterocycles. The van der Waals surface area contributed by atoms with E-state index in [2.05, 4.69) is 10.1 Å². The van der Waals surface area contributed by atoms with E-state index in [0.29, 0.717) is 5.02 Å². The maximum Gasteiger partial charge on any atom is 0.203 e. The standard InChI is InChI=1S/C17H16ClN3OS/c1-21-17(19-15(11-22)12-5-3-2-4-6-12)23-16(20-21)13-7-9-14(18)10-8-13/h2-10,15,22H,11H2,1H3/t15-/m1/s1. The Bertz CT molecular complexity index is 840. The highest BCUT2D eigenvalue weighted by Gasteiger charge is 2.10. The van der Waals surface area contributed by atoms with Crippen molar-refractivity contribution in [2.24, 2.45) is 12.0 Å². The van der Waals surface area contributed by atoms with Crippen LogP contribution in [0.4, 0.5) is 0 Å². The summed E-state index contributed by atoms with van der Waals surface area (Å²) >= 11 is 7.41. The fourth-order valence-corrected chi connectivity index (χ4v) is 3.27. The van der Waals surface area contributed by atoms with E-state index in [1.54, 1.807) is 4.68 Å². The Labute approximate surface area is 143 Å². The Kier molecular flexibility index (Phi) is 4.91. The summed E-state index contributed by atoms with van der Waals surface area (Å²) in [6, 6.07) is 17.0. The summed E-state index contributed by atoms with van der Waals surface area (Å²) in [7, 11) is 1.86. The van der Waals surface area contributed by atoms with Crippen LogP contribution in [-0.2, 0) is 7.05 Å². The van der Waals surface area contributed by atoms with Crippen molar-refractivity contribution in [3.8, 4) is 10.6 Å². The minimum absolute atomic E-state index is 0.0435. The van der Waals surface area contributed by atoms with Gasteiger partial charge < -0.3 is 5.11 Å². The van der Waals surface area contributed by atoms with Gasteiger partial charge in [-0.3, -0.25) is 0 Å². The van der Waals surface area contributed by atoms with Gasteiger partial charge in [-0.05, 0) is 17.7 Å². The second-order valence-corrected chi connectivity index (χ2v) is 6.45. The Morgan fingerprint density at radius 3 is 2.52 bits per heavy atom. The highest BCUT2D eigenvalue weighted by atomic mass is 35.5. The molecule has 0 amide bonds. The number of aryl methyl sites for hydroxylation is 1. The lowest BCUT2D eigenvalue weighted by Crippen LogP contribution is -2.15. The molecule has 0 saturated heterocycles. The fraction of sp³-hybridized carbons (Fsp3) is 0.176. The summed E-state index contributed by atoms with van der Waals surface area (Å²) in [6.07, 6.45) is 0. The Hall–Kier alpha value is -1.95. The molecule has 23 heavy (non-hydrogen) atoms. The van der Waals surface area contributed by atoms with Gasteiger partial charge in [-0.1, -0.05) is 65.4 Å². The van der Waals surface area contributed by atoms with Crippen molar-refractivity contribution in [3.63, 3.8) is 0 Å². The molecule has 118 valence electrons. The predicted molar refractivity (Wildman–Crippen MR) is 93.4 cm³/mol. The second-order valence-electron chi connectivity index (χ2n) is 5.06. The lowest BCUT2D eigenvalue weighted by Gasteiger charge is -2.08. The molecule has 1 atom stereocenters. The van der Waals surface area contributed by atoms with Crippen molar-refractivity contribution in [2.75, 3.05) is 6.61 Å². The van der Waals surface area contributed by atoms with Gasteiger partial charge in [0.2, 0.25) is 4.80 Å². The van der Waals surface area contributed by atoms with Crippen LogP contribution in [0.1, 0.15) is 11.6 Å². The number of nitrogens with zero attached hydrogens (tertiary/aromatic N) is 3. The number of hydrogen-bond acceptors (Lipinski definition) is 4. The molecule has 0 aliphatic rings. The zero-order valence-corrected chi connectivity index (χ0v) is 14.1. The van der Waals surface area contributed by atoms with Gasteiger partial charge in [0.1, 0.15) is 11.0 Å². The molecular weight excluding hydrogens is 330 g/mol. The molecule has 2 aromatic carbocycles. The first-order chi connectivity index (χ1) is 11.2. The van der Waals surface area contributed by atoms with Crippen LogP contribution in [0, 0.1) is 0 Å². The van der Waals surface area contributed by atoms with E-state index in [1.165, 1.54) is 11.3 Å². The predicted octanol–water partition coefficient (Wildman–Crippen LogP) is 3.44. The molecule has 1 heterocycles. The van der Waals surface area contributed by atoms with Crippen LogP contribution in [0.3, 0.4) is 0 Å². The van der Waals surface area contributed by atoms with E-state index < -0.39 is 0 Å². The van der Waals surface area contributed by atoms with E-state index >= 15 is 0 Å². The molecule has 3 aromatic rings. The Balaban J connectivity index is 1.98. The van der Waals surface area contributed by atoms with Crippen LogP contribution in [0.15, 0.2) is 59.6 Å². The van der Waals surface area contributed by atoms with E-state index in [9.17, 15) is 5.11 Å². The van der Waals surface area contributed by atoms with Crippen LogP contribution in [0.5, 0.6) is 0 Å². The van der Waals surface area contributed by atoms with Crippen LogP contribution in [0.2, 0.25) is 5.02 Å². The summed E-state index contributed by atoms with van der Waals surface area (Å²) in [5.41, 5.74) is 1.98. The number of aliphatic hydroxyl groups excluding tert-OH is 1. The molecule has 6 heteroatoms. The van der Waals surface area contributed by atoms with Crippen molar-refractivity contribution in [2.45, 2.75) is 6.04 Å². The molecule has 3 rings (SSSR count). The van der Waals surface area contributed by atoms with Gasteiger partial charge in [0.25, 0.3) is 0 Å². The van der Waals surface area contributed by atoms with Crippen molar-refractivity contribution >= 4 is 22.9 Å². The van der Waals surface area contributed by atoms with Crippen molar-refractivity contribution in [1.29, 1.82) is 0 Å².